The highest BCUT2D eigenvalue weighted by Crippen LogP contribution is 2.38. The van der Waals surface area contributed by atoms with E-state index >= 15 is 0 Å². The quantitative estimate of drug-likeness (QED) is 0.596. The van der Waals surface area contributed by atoms with Crippen LogP contribution >= 0.6 is 31.9 Å². The molecule has 0 radical (unpaired) electrons. The van der Waals surface area contributed by atoms with Gasteiger partial charge >= 0.3 is 5.69 Å². The van der Waals surface area contributed by atoms with Crippen molar-refractivity contribution in [3.05, 3.63) is 43.3 Å². The molecule has 0 atom stereocenters. The van der Waals surface area contributed by atoms with E-state index in [1.54, 1.807) is 19.2 Å². The van der Waals surface area contributed by atoms with Crippen molar-refractivity contribution in [1.82, 2.24) is 4.98 Å². The van der Waals surface area contributed by atoms with Crippen LogP contribution < -0.4 is 15.2 Å². The van der Waals surface area contributed by atoms with Gasteiger partial charge < -0.3 is 15.2 Å². The largest absolute Gasteiger partial charge is 0.496 e. The summed E-state index contributed by atoms with van der Waals surface area (Å²) in [6, 6.07) is 6.01. The second-order valence-corrected chi connectivity index (χ2v) is 5.54. The second-order valence-electron chi connectivity index (χ2n) is 3.83. The maximum atomic E-state index is 10.7. The van der Waals surface area contributed by atoms with E-state index < -0.39 is 4.92 Å². The van der Waals surface area contributed by atoms with Crippen LogP contribution in [-0.2, 0) is 0 Å². The van der Waals surface area contributed by atoms with Gasteiger partial charge in [0.15, 0.2) is 0 Å². The fraction of sp³-hybridized carbons (Fsp3) is 0.0833. The summed E-state index contributed by atoms with van der Waals surface area (Å²) in [6.07, 6.45) is 0. The highest BCUT2D eigenvalue weighted by molar-refractivity contribution is 9.11. The summed E-state index contributed by atoms with van der Waals surface area (Å²) in [5.74, 6) is 1.03. The van der Waals surface area contributed by atoms with Crippen LogP contribution in [0.15, 0.2) is 33.2 Å². The molecule has 0 saturated heterocycles. The Balaban J connectivity index is 2.32. The van der Waals surface area contributed by atoms with Crippen LogP contribution in [0.4, 0.5) is 11.5 Å². The fourth-order valence-electron chi connectivity index (χ4n) is 1.52. The molecular weight excluding hydrogens is 410 g/mol. The van der Waals surface area contributed by atoms with Gasteiger partial charge in [-0.25, -0.2) is 0 Å². The van der Waals surface area contributed by atoms with Gasteiger partial charge in [0.1, 0.15) is 11.5 Å². The van der Waals surface area contributed by atoms with Crippen molar-refractivity contribution in [3.63, 3.8) is 0 Å². The third-order valence-electron chi connectivity index (χ3n) is 2.49. The van der Waals surface area contributed by atoms with Crippen LogP contribution in [0.25, 0.3) is 0 Å². The van der Waals surface area contributed by atoms with Gasteiger partial charge in [-0.1, -0.05) is 0 Å². The van der Waals surface area contributed by atoms with E-state index in [1.807, 2.05) is 0 Å². The molecule has 1 aromatic heterocycles. The molecule has 0 saturated carbocycles. The van der Waals surface area contributed by atoms with Crippen LogP contribution in [0, 0.1) is 10.1 Å². The number of hydrogen-bond donors (Lipinski definition) is 1. The summed E-state index contributed by atoms with van der Waals surface area (Å²) >= 11 is 6.68. The molecule has 1 aromatic carbocycles. The number of pyridine rings is 1. The van der Waals surface area contributed by atoms with Crippen LogP contribution in [-0.4, -0.2) is 17.0 Å². The van der Waals surface area contributed by atoms with Crippen LogP contribution in [0.2, 0.25) is 0 Å². The number of methoxy groups -OCH3 is 1. The normalized spacial score (nSPS) is 10.2. The van der Waals surface area contributed by atoms with Crippen LogP contribution in [0.5, 0.6) is 17.4 Å². The van der Waals surface area contributed by atoms with Gasteiger partial charge in [-0.3, -0.25) is 10.1 Å². The second kappa shape index (κ2) is 6.27. The lowest BCUT2D eigenvalue weighted by molar-refractivity contribution is -0.384. The number of aromatic nitrogens is 1. The zero-order valence-corrected chi connectivity index (χ0v) is 13.8. The number of nitrogens with two attached hydrogens (primary N) is 1. The highest BCUT2D eigenvalue weighted by Gasteiger charge is 2.15. The van der Waals surface area contributed by atoms with Gasteiger partial charge in [0.05, 0.1) is 21.0 Å². The lowest BCUT2D eigenvalue weighted by Gasteiger charge is -2.10. The summed E-state index contributed by atoms with van der Waals surface area (Å²) in [5.41, 5.74) is 5.25. The number of nitrogen functional groups attached to an aromatic ring is 1. The van der Waals surface area contributed by atoms with Crippen molar-refractivity contribution in [2.45, 2.75) is 0 Å². The zero-order valence-electron chi connectivity index (χ0n) is 10.7. The SMILES string of the molecule is COc1cc(Br)c(Oc2ccc([N+](=O)[O-])c(N)n2)cc1Br. The molecular formula is C12H9Br2N3O4. The van der Waals surface area contributed by atoms with Gasteiger partial charge in [-0.2, -0.15) is 4.98 Å². The molecule has 0 amide bonds. The number of nitrogens with zero attached hydrogens (tertiary/aromatic N) is 2. The molecule has 0 aliphatic rings. The Bertz CT molecular complexity index is 709. The minimum absolute atomic E-state index is 0.149. The van der Waals surface area contributed by atoms with Crippen molar-refractivity contribution in [1.29, 1.82) is 0 Å². The standard InChI is InChI=1S/C12H9Br2N3O4/c1-20-9-4-7(14)10(5-6(9)13)21-11-3-2-8(17(18)19)12(15)16-11/h2-5H,1H3,(H2,15,16). The van der Waals surface area contributed by atoms with Gasteiger partial charge in [0.25, 0.3) is 0 Å². The van der Waals surface area contributed by atoms with Gasteiger partial charge in [0, 0.05) is 12.1 Å². The van der Waals surface area contributed by atoms with E-state index in [2.05, 4.69) is 36.8 Å². The predicted molar refractivity (Wildman–Crippen MR) is 83.8 cm³/mol. The van der Waals surface area contributed by atoms with E-state index in [4.69, 9.17) is 15.2 Å². The van der Waals surface area contributed by atoms with Crippen LogP contribution in [0.1, 0.15) is 0 Å². The van der Waals surface area contributed by atoms with Crippen molar-refractivity contribution in [2.75, 3.05) is 12.8 Å². The Labute approximate surface area is 136 Å². The fourth-order valence-corrected chi connectivity index (χ4v) is 2.41. The third kappa shape index (κ3) is 3.42. The summed E-state index contributed by atoms with van der Waals surface area (Å²) < 4.78 is 12.0. The molecule has 1 heterocycles. The summed E-state index contributed by atoms with van der Waals surface area (Å²) in [6.45, 7) is 0. The van der Waals surface area contributed by atoms with E-state index in [0.717, 1.165) is 0 Å². The third-order valence-corrected chi connectivity index (χ3v) is 3.73. The maximum Gasteiger partial charge on any atom is 0.311 e. The highest BCUT2D eigenvalue weighted by atomic mass is 79.9. The van der Waals surface area contributed by atoms with Crippen LogP contribution in [0.3, 0.4) is 0 Å². The Morgan fingerprint density at radius 1 is 1.24 bits per heavy atom. The molecule has 110 valence electrons. The van der Waals surface area contributed by atoms with Crippen molar-refractivity contribution < 1.29 is 14.4 Å². The first kappa shape index (κ1) is 15.5. The molecule has 0 aliphatic carbocycles. The van der Waals surface area contributed by atoms with E-state index in [9.17, 15) is 10.1 Å². The Morgan fingerprint density at radius 2 is 1.86 bits per heavy atom. The monoisotopic (exact) mass is 417 g/mol. The number of rotatable bonds is 4. The van der Waals surface area contributed by atoms with Crippen molar-refractivity contribution >= 4 is 43.4 Å². The Hall–Kier alpha value is -1.87. The molecule has 7 nitrogen and oxygen atoms in total. The number of halogens is 2. The maximum absolute atomic E-state index is 10.7. The number of ether oxygens (including phenoxy) is 2. The number of benzene rings is 1. The first-order chi connectivity index (χ1) is 9.92. The molecule has 2 rings (SSSR count). The van der Waals surface area contributed by atoms with E-state index in [1.165, 1.54) is 12.1 Å². The zero-order chi connectivity index (χ0) is 15.6. The molecule has 0 bridgehead atoms. The van der Waals surface area contributed by atoms with Crippen molar-refractivity contribution in [2.24, 2.45) is 0 Å². The molecule has 0 spiro atoms. The van der Waals surface area contributed by atoms with Crippen molar-refractivity contribution in [3.8, 4) is 17.4 Å². The average Bonchev–Trinajstić information content (AvgIpc) is 2.42. The molecule has 2 aromatic rings. The lowest BCUT2D eigenvalue weighted by Crippen LogP contribution is -2.00. The smallest absolute Gasteiger partial charge is 0.311 e. The minimum atomic E-state index is -0.605. The number of hydrogen-bond acceptors (Lipinski definition) is 6. The summed E-state index contributed by atoms with van der Waals surface area (Å²) in [7, 11) is 1.55. The molecule has 0 unspecified atom stereocenters. The first-order valence-electron chi connectivity index (χ1n) is 5.54. The molecule has 21 heavy (non-hydrogen) atoms. The Morgan fingerprint density at radius 3 is 2.43 bits per heavy atom. The molecule has 0 fully saturated rings. The molecule has 0 aliphatic heterocycles. The minimum Gasteiger partial charge on any atom is -0.496 e. The predicted octanol–water partition coefficient (Wildman–Crippen LogP) is 3.90. The summed E-state index contributed by atoms with van der Waals surface area (Å²) in [5, 5.41) is 10.7. The molecule has 9 heteroatoms. The van der Waals surface area contributed by atoms with Gasteiger partial charge in [-0.05, 0) is 44.0 Å². The molecule has 2 N–H and O–H groups in total. The number of nitro groups is 1. The topological polar surface area (TPSA) is 101 Å². The average molecular weight is 419 g/mol. The summed E-state index contributed by atoms with van der Waals surface area (Å²) in [4.78, 5) is 13.9. The van der Waals surface area contributed by atoms with E-state index in [-0.39, 0.29) is 17.4 Å². The van der Waals surface area contributed by atoms with Gasteiger partial charge in [0.2, 0.25) is 11.7 Å². The number of anilines is 1. The van der Waals surface area contributed by atoms with Gasteiger partial charge in [-0.15, -0.1) is 0 Å². The van der Waals surface area contributed by atoms with E-state index in [0.29, 0.717) is 20.4 Å². The Kier molecular flexibility index (Phi) is 4.63. The first-order valence-corrected chi connectivity index (χ1v) is 7.12. The lowest BCUT2D eigenvalue weighted by atomic mass is 10.3.